The molecule has 0 unspecified atom stereocenters. The second kappa shape index (κ2) is 6.26. The molecule has 1 aromatic heterocycles. The number of nitrogens with one attached hydrogen (secondary N) is 1. The Hall–Kier alpha value is -0.890. The maximum atomic E-state index is 12.6. The molecule has 4 nitrogen and oxygen atoms in total. The number of sulfonamides is 1. The highest BCUT2D eigenvalue weighted by Crippen LogP contribution is 2.26. The molecular weight excluding hydrogens is 360 g/mol. The van der Waals surface area contributed by atoms with Crippen molar-refractivity contribution in [1.82, 2.24) is 4.31 Å². The highest BCUT2D eigenvalue weighted by molar-refractivity contribution is 9.11. The summed E-state index contributed by atoms with van der Waals surface area (Å²) in [5, 5.41) is 4.86. The third kappa shape index (κ3) is 3.22. The summed E-state index contributed by atoms with van der Waals surface area (Å²) in [6.07, 6.45) is 0. The van der Waals surface area contributed by atoms with Gasteiger partial charge >= 0.3 is 0 Å². The molecule has 0 bridgehead atoms. The van der Waals surface area contributed by atoms with E-state index < -0.39 is 10.0 Å². The maximum Gasteiger partial charge on any atom is 0.245 e. The molecular formula is C13H15BrN2O2S2. The van der Waals surface area contributed by atoms with E-state index in [-0.39, 0.29) is 0 Å². The van der Waals surface area contributed by atoms with Crippen molar-refractivity contribution in [3.8, 4) is 0 Å². The van der Waals surface area contributed by atoms with E-state index in [0.717, 1.165) is 9.35 Å². The molecule has 2 rings (SSSR count). The van der Waals surface area contributed by atoms with Gasteiger partial charge in [0.05, 0.1) is 9.47 Å². The summed E-state index contributed by atoms with van der Waals surface area (Å²) >= 11 is 4.92. The summed E-state index contributed by atoms with van der Waals surface area (Å²) in [6.45, 7) is 0.350. The lowest BCUT2D eigenvalue weighted by Crippen LogP contribution is -2.27. The quantitative estimate of drug-likeness (QED) is 0.872. The van der Waals surface area contributed by atoms with Gasteiger partial charge in [-0.2, -0.15) is 4.31 Å². The van der Waals surface area contributed by atoms with Crippen LogP contribution in [0, 0.1) is 0 Å². The van der Waals surface area contributed by atoms with Crippen LogP contribution in [0.15, 0.2) is 44.4 Å². The predicted octanol–water partition coefficient (Wildman–Crippen LogP) is 3.37. The number of anilines is 1. The summed E-state index contributed by atoms with van der Waals surface area (Å²) in [5.41, 5.74) is 1.57. The monoisotopic (exact) mass is 374 g/mol. The second-order valence-electron chi connectivity index (χ2n) is 4.27. The van der Waals surface area contributed by atoms with Crippen LogP contribution in [0.4, 0.5) is 5.69 Å². The van der Waals surface area contributed by atoms with Crippen LogP contribution in [0.25, 0.3) is 0 Å². The van der Waals surface area contributed by atoms with Gasteiger partial charge in [-0.3, -0.25) is 0 Å². The van der Waals surface area contributed by atoms with Crippen molar-refractivity contribution >= 4 is 43.0 Å². The molecule has 0 spiro atoms. The molecule has 0 aliphatic rings. The Morgan fingerprint density at radius 1 is 1.35 bits per heavy atom. The van der Waals surface area contributed by atoms with Crippen molar-refractivity contribution in [2.45, 2.75) is 11.4 Å². The molecule has 2 aromatic rings. The fraction of sp³-hybridized carbons (Fsp3) is 0.231. The molecule has 0 saturated carbocycles. The van der Waals surface area contributed by atoms with Crippen molar-refractivity contribution in [3.63, 3.8) is 0 Å². The average molecular weight is 375 g/mol. The Kier molecular flexibility index (Phi) is 4.85. The molecule has 7 heteroatoms. The number of halogens is 1. The minimum atomic E-state index is -3.51. The van der Waals surface area contributed by atoms with Crippen LogP contribution in [0.5, 0.6) is 0 Å². The lowest BCUT2D eigenvalue weighted by Gasteiger charge is -2.18. The molecule has 0 radical (unpaired) electrons. The van der Waals surface area contributed by atoms with Crippen LogP contribution in [-0.2, 0) is 16.6 Å². The minimum Gasteiger partial charge on any atom is -0.387 e. The molecule has 20 heavy (non-hydrogen) atoms. The van der Waals surface area contributed by atoms with Crippen LogP contribution < -0.4 is 5.32 Å². The van der Waals surface area contributed by atoms with Gasteiger partial charge in [0.15, 0.2) is 0 Å². The van der Waals surface area contributed by atoms with Gasteiger partial charge < -0.3 is 5.32 Å². The number of thiophene rings is 1. The fourth-order valence-corrected chi connectivity index (χ4v) is 4.39. The molecule has 0 amide bonds. The van der Waals surface area contributed by atoms with Crippen molar-refractivity contribution in [2.24, 2.45) is 0 Å². The molecule has 1 N–H and O–H groups in total. The van der Waals surface area contributed by atoms with Gasteiger partial charge in [0, 0.05) is 20.6 Å². The molecule has 108 valence electrons. The highest BCUT2D eigenvalue weighted by atomic mass is 79.9. The number of benzene rings is 1. The first-order chi connectivity index (χ1) is 9.45. The minimum absolute atomic E-state index is 0.291. The van der Waals surface area contributed by atoms with E-state index in [1.807, 2.05) is 11.4 Å². The predicted molar refractivity (Wildman–Crippen MR) is 86.7 cm³/mol. The van der Waals surface area contributed by atoms with Gasteiger partial charge in [0.25, 0.3) is 0 Å². The van der Waals surface area contributed by atoms with Crippen LogP contribution in [0.1, 0.15) is 5.56 Å². The maximum absolute atomic E-state index is 12.6. The largest absolute Gasteiger partial charge is 0.387 e. The first kappa shape index (κ1) is 15.5. The van der Waals surface area contributed by atoms with Gasteiger partial charge in [-0.25, -0.2) is 8.42 Å². The van der Waals surface area contributed by atoms with Crippen LogP contribution in [0.3, 0.4) is 0 Å². The summed E-state index contributed by atoms with van der Waals surface area (Å²) in [4.78, 5) is 0.291. The summed E-state index contributed by atoms with van der Waals surface area (Å²) < 4.78 is 27.6. The van der Waals surface area contributed by atoms with Crippen molar-refractivity contribution in [1.29, 1.82) is 0 Å². The van der Waals surface area contributed by atoms with E-state index in [1.54, 1.807) is 49.7 Å². The van der Waals surface area contributed by atoms with E-state index in [0.29, 0.717) is 17.1 Å². The van der Waals surface area contributed by atoms with Gasteiger partial charge in [-0.05, 0) is 45.1 Å². The Morgan fingerprint density at radius 3 is 2.65 bits per heavy atom. The first-order valence-electron chi connectivity index (χ1n) is 5.91. The molecule has 0 aliphatic carbocycles. The topological polar surface area (TPSA) is 49.4 Å². The summed E-state index contributed by atoms with van der Waals surface area (Å²) in [7, 11) is -0.207. The number of nitrogens with zero attached hydrogens (tertiary/aromatic N) is 1. The van der Waals surface area contributed by atoms with E-state index in [2.05, 4.69) is 21.2 Å². The van der Waals surface area contributed by atoms with E-state index in [4.69, 9.17) is 0 Å². The summed E-state index contributed by atoms with van der Waals surface area (Å²) in [6, 6.07) is 8.83. The third-order valence-corrected chi connectivity index (χ3v) is 6.29. The fourth-order valence-electron chi connectivity index (χ4n) is 1.84. The van der Waals surface area contributed by atoms with E-state index in [9.17, 15) is 8.42 Å². The standard InChI is InChI=1S/C13H15BrN2O2S2/c1-15-11-5-3-4-6-12(11)20(17,18)16(2)8-10-7-13(14)19-9-10/h3-7,9,15H,8H2,1-2H3. The zero-order valence-electron chi connectivity index (χ0n) is 11.1. The van der Waals surface area contributed by atoms with Gasteiger partial charge in [-0.1, -0.05) is 12.1 Å². The SMILES string of the molecule is CNc1ccccc1S(=O)(=O)N(C)Cc1csc(Br)c1. The molecule has 1 heterocycles. The van der Waals surface area contributed by atoms with E-state index in [1.165, 1.54) is 4.31 Å². The lowest BCUT2D eigenvalue weighted by molar-refractivity contribution is 0.467. The normalized spacial score (nSPS) is 11.8. The van der Waals surface area contributed by atoms with Gasteiger partial charge in [0.1, 0.15) is 4.90 Å². The number of para-hydroxylation sites is 1. The Bertz CT molecular complexity index is 698. The number of rotatable bonds is 5. The second-order valence-corrected chi connectivity index (χ2v) is 8.57. The van der Waals surface area contributed by atoms with Crippen LogP contribution in [0.2, 0.25) is 0 Å². The van der Waals surface area contributed by atoms with E-state index >= 15 is 0 Å². The van der Waals surface area contributed by atoms with Crippen molar-refractivity contribution < 1.29 is 8.42 Å². The zero-order valence-corrected chi connectivity index (χ0v) is 14.3. The molecule has 0 atom stereocenters. The van der Waals surface area contributed by atoms with Crippen LogP contribution >= 0.6 is 27.3 Å². The Labute approximate surface area is 131 Å². The smallest absolute Gasteiger partial charge is 0.245 e. The Balaban J connectivity index is 2.29. The lowest BCUT2D eigenvalue weighted by atomic mass is 10.3. The number of hydrogen-bond acceptors (Lipinski definition) is 4. The third-order valence-electron chi connectivity index (χ3n) is 2.87. The zero-order chi connectivity index (χ0) is 14.8. The first-order valence-corrected chi connectivity index (χ1v) is 9.02. The summed E-state index contributed by atoms with van der Waals surface area (Å²) in [5.74, 6) is 0. The van der Waals surface area contributed by atoms with Gasteiger partial charge in [0.2, 0.25) is 10.0 Å². The number of hydrogen-bond donors (Lipinski definition) is 1. The highest BCUT2D eigenvalue weighted by Gasteiger charge is 2.23. The molecule has 0 saturated heterocycles. The van der Waals surface area contributed by atoms with Crippen molar-refractivity contribution in [3.05, 3.63) is 45.1 Å². The Morgan fingerprint density at radius 2 is 2.05 bits per heavy atom. The van der Waals surface area contributed by atoms with Crippen molar-refractivity contribution in [2.75, 3.05) is 19.4 Å². The van der Waals surface area contributed by atoms with Gasteiger partial charge in [-0.15, -0.1) is 11.3 Å². The average Bonchev–Trinajstić information content (AvgIpc) is 2.84. The molecule has 0 fully saturated rings. The molecule has 0 aliphatic heterocycles. The van der Waals surface area contributed by atoms with Crippen LogP contribution in [-0.4, -0.2) is 26.8 Å². The molecule has 1 aromatic carbocycles.